The highest BCUT2D eigenvalue weighted by Crippen LogP contribution is 2.32. The molecule has 0 amide bonds. The Morgan fingerprint density at radius 3 is 2.97 bits per heavy atom. The second kappa shape index (κ2) is 10.2. The molecule has 3 heterocycles. The summed E-state index contributed by atoms with van der Waals surface area (Å²) in [6.07, 6.45) is 6.58. The van der Waals surface area contributed by atoms with Crippen LogP contribution in [-0.2, 0) is 24.2 Å². The fraction of sp³-hybridized carbons (Fsp3) is 0.609. The number of benzene rings is 1. The van der Waals surface area contributed by atoms with Crippen LogP contribution < -0.4 is 20.1 Å². The molecule has 1 aromatic carbocycles. The van der Waals surface area contributed by atoms with Crippen LogP contribution in [0.4, 0.5) is 5.69 Å². The smallest absolute Gasteiger partial charge is 0.196 e. The molecular weight excluding hydrogens is 408 g/mol. The molecule has 1 fully saturated rings. The number of guanidine groups is 1. The quantitative estimate of drug-likeness (QED) is 0.352. The predicted octanol–water partition coefficient (Wildman–Crippen LogP) is 2.76. The lowest BCUT2D eigenvalue weighted by Gasteiger charge is -2.15. The van der Waals surface area contributed by atoms with Crippen LogP contribution in [0.15, 0.2) is 23.2 Å². The van der Waals surface area contributed by atoms with Gasteiger partial charge in [-0.05, 0) is 43.7 Å². The van der Waals surface area contributed by atoms with Crippen molar-refractivity contribution in [2.24, 2.45) is 10.9 Å². The van der Waals surface area contributed by atoms with Gasteiger partial charge in [-0.3, -0.25) is 0 Å². The van der Waals surface area contributed by atoms with Gasteiger partial charge in [-0.25, -0.2) is 4.99 Å². The maximum Gasteiger partial charge on any atom is 0.196 e. The molecule has 9 heteroatoms. The summed E-state index contributed by atoms with van der Waals surface area (Å²) in [5.41, 5.74) is 0.900. The summed E-state index contributed by atoms with van der Waals surface area (Å²) in [6, 6.07) is 5.89. The summed E-state index contributed by atoms with van der Waals surface area (Å²) in [5.74, 6) is 5.02. The lowest BCUT2D eigenvalue weighted by molar-refractivity contribution is 0.123. The van der Waals surface area contributed by atoms with Gasteiger partial charge in [0.1, 0.15) is 12.4 Å². The minimum absolute atomic E-state index is 0.477. The summed E-state index contributed by atoms with van der Waals surface area (Å²) in [4.78, 5) is 4.78. The van der Waals surface area contributed by atoms with Crippen molar-refractivity contribution < 1.29 is 14.2 Å². The Morgan fingerprint density at radius 1 is 1.16 bits per heavy atom. The van der Waals surface area contributed by atoms with Gasteiger partial charge in [0.05, 0.1) is 13.2 Å². The highest BCUT2D eigenvalue weighted by molar-refractivity contribution is 5.93. The molecule has 32 heavy (non-hydrogen) atoms. The topological polar surface area (TPSA) is 94.8 Å². The molecule has 172 valence electrons. The van der Waals surface area contributed by atoms with Crippen molar-refractivity contribution >= 4 is 11.6 Å². The fourth-order valence-electron chi connectivity index (χ4n) is 3.91. The maximum absolute atomic E-state index is 5.83. The van der Waals surface area contributed by atoms with Crippen molar-refractivity contribution in [3.63, 3.8) is 0 Å². The average molecular weight is 441 g/mol. The molecule has 1 aliphatic carbocycles. The summed E-state index contributed by atoms with van der Waals surface area (Å²) in [5, 5.41) is 15.4. The van der Waals surface area contributed by atoms with Crippen LogP contribution in [0.2, 0.25) is 0 Å². The summed E-state index contributed by atoms with van der Waals surface area (Å²) in [7, 11) is 0. The molecule has 2 N–H and O–H groups in total. The molecule has 1 saturated carbocycles. The molecule has 3 aliphatic rings. The van der Waals surface area contributed by atoms with Crippen LogP contribution in [0.5, 0.6) is 11.5 Å². The molecule has 1 aromatic heterocycles. The summed E-state index contributed by atoms with van der Waals surface area (Å²) < 4.78 is 19.5. The van der Waals surface area contributed by atoms with E-state index in [-0.39, 0.29) is 0 Å². The first kappa shape index (κ1) is 21.1. The number of anilines is 1. The van der Waals surface area contributed by atoms with Crippen molar-refractivity contribution in [1.82, 2.24) is 20.1 Å². The van der Waals surface area contributed by atoms with Crippen molar-refractivity contribution in [1.29, 1.82) is 0 Å². The van der Waals surface area contributed by atoms with Gasteiger partial charge in [-0.2, -0.15) is 0 Å². The Balaban J connectivity index is 1.22. The molecular formula is C23H32N6O3. The number of hydrogen-bond donors (Lipinski definition) is 2. The lowest BCUT2D eigenvalue weighted by atomic mass is 10.2. The lowest BCUT2D eigenvalue weighted by Crippen LogP contribution is -2.32. The first-order valence-corrected chi connectivity index (χ1v) is 11.8. The fourth-order valence-corrected chi connectivity index (χ4v) is 3.91. The van der Waals surface area contributed by atoms with Crippen molar-refractivity contribution in [3.05, 3.63) is 29.8 Å². The van der Waals surface area contributed by atoms with E-state index in [2.05, 4.69) is 25.4 Å². The van der Waals surface area contributed by atoms with E-state index in [9.17, 15) is 0 Å². The summed E-state index contributed by atoms with van der Waals surface area (Å²) in [6.45, 7) is 5.23. The van der Waals surface area contributed by atoms with Crippen LogP contribution in [0, 0.1) is 5.92 Å². The minimum atomic E-state index is 0.477. The standard InChI is InChI=1S/C23H32N6O3/c1-4-21-27-28-22(29(21)10-1)15-25-23(24-9-2-11-30-16-17-5-6-17)26-18-7-8-19-20(14-18)32-13-3-12-31-19/h7-8,14,17H,1-6,9-13,15-16H2,(H2,24,25,26). The Labute approximate surface area is 188 Å². The van der Waals surface area contributed by atoms with Crippen LogP contribution in [0.25, 0.3) is 0 Å². The molecule has 0 atom stereocenters. The van der Waals surface area contributed by atoms with Gasteiger partial charge in [-0.1, -0.05) is 0 Å². The van der Waals surface area contributed by atoms with E-state index in [1.54, 1.807) is 0 Å². The van der Waals surface area contributed by atoms with E-state index in [4.69, 9.17) is 19.2 Å². The van der Waals surface area contributed by atoms with E-state index in [0.717, 1.165) is 86.7 Å². The monoisotopic (exact) mass is 440 g/mol. The van der Waals surface area contributed by atoms with Crippen LogP contribution in [-0.4, -0.2) is 53.7 Å². The molecule has 0 spiro atoms. The second-order valence-electron chi connectivity index (χ2n) is 8.59. The van der Waals surface area contributed by atoms with Gasteiger partial charge in [0.15, 0.2) is 23.3 Å². The number of fused-ring (bicyclic) bond motifs is 2. The number of ether oxygens (including phenoxy) is 3. The second-order valence-corrected chi connectivity index (χ2v) is 8.59. The van der Waals surface area contributed by atoms with E-state index >= 15 is 0 Å². The van der Waals surface area contributed by atoms with Crippen LogP contribution in [0.3, 0.4) is 0 Å². The van der Waals surface area contributed by atoms with Gasteiger partial charge < -0.3 is 29.4 Å². The summed E-state index contributed by atoms with van der Waals surface area (Å²) >= 11 is 0. The molecule has 0 radical (unpaired) electrons. The number of hydrogen-bond acceptors (Lipinski definition) is 6. The van der Waals surface area contributed by atoms with Crippen molar-refractivity contribution in [2.75, 3.05) is 38.3 Å². The molecule has 9 nitrogen and oxygen atoms in total. The molecule has 5 rings (SSSR count). The maximum atomic E-state index is 5.83. The van der Waals surface area contributed by atoms with Crippen LogP contribution >= 0.6 is 0 Å². The third-order valence-electron chi connectivity index (χ3n) is 5.88. The SMILES string of the molecule is c1cc2c(cc1NC(=NCc1nnc3n1CCC3)NCCCOCC1CC1)OCCCO2. The zero-order valence-electron chi connectivity index (χ0n) is 18.5. The third kappa shape index (κ3) is 5.51. The highest BCUT2D eigenvalue weighted by atomic mass is 16.5. The molecule has 0 saturated heterocycles. The molecule has 2 aliphatic heterocycles. The van der Waals surface area contributed by atoms with Gasteiger partial charge in [0.25, 0.3) is 0 Å². The predicted molar refractivity (Wildman–Crippen MR) is 121 cm³/mol. The minimum Gasteiger partial charge on any atom is -0.490 e. The van der Waals surface area contributed by atoms with Crippen molar-refractivity contribution in [3.8, 4) is 11.5 Å². The van der Waals surface area contributed by atoms with Crippen molar-refractivity contribution in [2.45, 2.75) is 51.6 Å². The normalized spacial score (nSPS) is 17.7. The number of aromatic nitrogens is 3. The average Bonchev–Trinajstić information content (AvgIpc) is 3.45. The molecule has 2 aromatic rings. The van der Waals surface area contributed by atoms with Gasteiger partial charge in [0, 0.05) is 50.9 Å². The number of nitrogens with zero attached hydrogens (tertiary/aromatic N) is 4. The molecule has 0 bridgehead atoms. The van der Waals surface area contributed by atoms with Gasteiger partial charge >= 0.3 is 0 Å². The van der Waals surface area contributed by atoms with E-state index in [0.29, 0.717) is 25.7 Å². The first-order chi connectivity index (χ1) is 15.8. The number of aryl methyl sites for hydroxylation is 1. The van der Waals surface area contributed by atoms with Crippen LogP contribution in [0.1, 0.15) is 43.8 Å². The van der Waals surface area contributed by atoms with E-state index in [1.165, 1.54) is 12.8 Å². The zero-order chi connectivity index (χ0) is 21.6. The van der Waals surface area contributed by atoms with E-state index in [1.807, 2.05) is 18.2 Å². The number of rotatable bonds is 9. The Kier molecular flexibility index (Phi) is 6.72. The number of aliphatic imine (C=N–C) groups is 1. The molecule has 0 unspecified atom stereocenters. The third-order valence-corrected chi connectivity index (χ3v) is 5.88. The number of nitrogens with one attached hydrogen (secondary N) is 2. The van der Waals surface area contributed by atoms with Gasteiger partial charge in [-0.15, -0.1) is 10.2 Å². The first-order valence-electron chi connectivity index (χ1n) is 11.8. The highest BCUT2D eigenvalue weighted by Gasteiger charge is 2.21. The zero-order valence-corrected chi connectivity index (χ0v) is 18.5. The largest absolute Gasteiger partial charge is 0.490 e. The van der Waals surface area contributed by atoms with Gasteiger partial charge in [0.2, 0.25) is 0 Å². The Morgan fingerprint density at radius 2 is 2.06 bits per heavy atom. The Bertz CT molecular complexity index is 940. The Hall–Kier alpha value is -2.81. The van der Waals surface area contributed by atoms with E-state index < -0.39 is 0 Å².